The van der Waals surface area contributed by atoms with Gasteiger partial charge in [-0.2, -0.15) is 0 Å². The first-order valence-electron chi connectivity index (χ1n) is 8.97. The Bertz CT molecular complexity index is 1030. The third-order valence-corrected chi connectivity index (χ3v) is 5.61. The lowest BCUT2D eigenvalue weighted by Crippen LogP contribution is -2.47. The van der Waals surface area contributed by atoms with Gasteiger partial charge in [0, 0.05) is 22.4 Å². The van der Waals surface area contributed by atoms with Crippen molar-refractivity contribution in [1.29, 1.82) is 0 Å². The van der Waals surface area contributed by atoms with E-state index in [9.17, 15) is 14.7 Å². The van der Waals surface area contributed by atoms with E-state index in [1.54, 1.807) is 42.6 Å². The van der Waals surface area contributed by atoms with Crippen molar-refractivity contribution >= 4 is 23.2 Å². The number of benzene rings is 2. The van der Waals surface area contributed by atoms with Crippen LogP contribution in [0.2, 0.25) is 0 Å². The topological polar surface area (TPSA) is 123 Å². The Morgan fingerprint density at radius 1 is 1.17 bits per heavy atom. The van der Waals surface area contributed by atoms with Crippen molar-refractivity contribution in [3.63, 3.8) is 0 Å². The van der Waals surface area contributed by atoms with Gasteiger partial charge in [-0.25, -0.2) is 15.6 Å². The molecule has 2 atom stereocenters. The van der Waals surface area contributed by atoms with E-state index in [1.807, 2.05) is 25.1 Å². The number of thiazole rings is 1. The molecule has 0 bridgehead atoms. The Kier molecular flexibility index (Phi) is 5.95. The zero-order valence-electron chi connectivity index (χ0n) is 16.1. The molecule has 8 heteroatoms. The number of ketones is 1. The maximum Gasteiger partial charge on any atom is 0.329 e. The van der Waals surface area contributed by atoms with Crippen molar-refractivity contribution in [2.45, 2.75) is 19.9 Å². The smallest absolute Gasteiger partial charge is 0.329 e. The summed E-state index contributed by atoms with van der Waals surface area (Å²) < 4.78 is 0. The van der Waals surface area contributed by atoms with Crippen LogP contribution in [0.1, 0.15) is 33.9 Å². The number of aromatic nitrogens is 1. The minimum absolute atomic E-state index is 0.120. The van der Waals surface area contributed by atoms with E-state index < -0.39 is 18.0 Å². The highest BCUT2D eigenvalue weighted by molar-refractivity contribution is 7.10. The lowest BCUT2D eigenvalue weighted by molar-refractivity contribution is 0.0838. The highest BCUT2D eigenvalue weighted by Gasteiger charge is 2.34. The average molecular weight is 410 g/mol. The second-order valence-corrected chi connectivity index (χ2v) is 7.72. The summed E-state index contributed by atoms with van der Waals surface area (Å²) in [6, 6.07) is 12.2. The van der Waals surface area contributed by atoms with Crippen LogP contribution >= 0.6 is 11.3 Å². The van der Waals surface area contributed by atoms with Crippen molar-refractivity contribution in [2.75, 3.05) is 0 Å². The predicted octanol–water partition coefficient (Wildman–Crippen LogP) is 3.64. The molecule has 2 amide bonds. The summed E-state index contributed by atoms with van der Waals surface area (Å²) in [5.41, 5.74) is 8.29. The summed E-state index contributed by atoms with van der Waals surface area (Å²) in [4.78, 5) is 29.4. The first-order chi connectivity index (χ1) is 13.8. The van der Waals surface area contributed by atoms with Crippen LogP contribution in [-0.2, 0) is 0 Å². The fourth-order valence-corrected chi connectivity index (χ4v) is 4.09. The highest BCUT2D eigenvalue weighted by atomic mass is 32.1. The summed E-state index contributed by atoms with van der Waals surface area (Å²) in [6.07, 6.45) is 0. The molecule has 0 fully saturated rings. The molecule has 1 heterocycles. The molecule has 5 N–H and O–H groups in total. The van der Waals surface area contributed by atoms with E-state index in [0.29, 0.717) is 21.8 Å². The third-order valence-electron chi connectivity index (χ3n) is 4.69. The largest absolute Gasteiger partial charge is 0.508 e. The lowest BCUT2D eigenvalue weighted by Gasteiger charge is -2.28. The maximum absolute atomic E-state index is 13.0. The van der Waals surface area contributed by atoms with Gasteiger partial charge < -0.3 is 10.8 Å². The van der Waals surface area contributed by atoms with Gasteiger partial charge in [0.05, 0.1) is 5.69 Å². The van der Waals surface area contributed by atoms with Crippen molar-refractivity contribution in [2.24, 2.45) is 17.5 Å². The van der Waals surface area contributed by atoms with E-state index in [-0.39, 0.29) is 11.5 Å². The molecule has 0 spiro atoms. The average Bonchev–Trinajstić information content (AvgIpc) is 3.17. The summed E-state index contributed by atoms with van der Waals surface area (Å²) >= 11 is 1.27. The molecule has 0 radical (unpaired) electrons. The van der Waals surface area contributed by atoms with E-state index in [0.717, 1.165) is 10.6 Å². The van der Waals surface area contributed by atoms with Crippen LogP contribution in [-0.4, -0.2) is 26.9 Å². The predicted molar refractivity (Wildman–Crippen MR) is 112 cm³/mol. The summed E-state index contributed by atoms with van der Waals surface area (Å²) in [5, 5.41) is 12.8. The number of hydrogen-bond acceptors (Lipinski definition) is 6. The van der Waals surface area contributed by atoms with E-state index in [2.05, 4.69) is 4.98 Å². The number of phenolic OH excluding ortho intramolecular Hbond substituents is 1. The number of hydrazine groups is 1. The number of phenols is 1. The number of hydrogen-bond donors (Lipinski definition) is 3. The van der Waals surface area contributed by atoms with Gasteiger partial charge in [-0.15, -0.1) is 11.3 Å². The molecule has 0 aliphatic carbocycles. The number of urea groups is 1. The van der Waals surface area contributed by atoms with Gasteiger partial charge in [0.15, 0.2) is 5.78 Å². The first kappa shape index (κ1) is 20.5. The second kappa shape index (κ2) is 8.42. The Labute approximate surface area is 172 Å². The SMILES string of the molecule is Cc1ccc(C(=O)C(C)C(c2nc(-c3cccc(O)c3)cs2)N(N)C(N)=O)cc1. The molecule has 1 aromatic heterocycles. The number of Topliss-reactive ketones (excluding diaryl/α,β-unsaturated/α-hetero) is 1. The molecule has 0 saturated heterocycles. The van der Waals surface area contributed by atoms with Gasteiger partial charge in [-0.1, -0.05) is 48.9 Å². The van der Waals surface area contributed by atoms with Crippen molar-refractivity contribution in [3.8, 4) is 17.0 Å². The van der Waals surface area contributed by atoms with Crippen LogP contribution in [0, 0.1) is 12.8 Å². The third kappa shape index (κ3) is 4.44. The molecule has 2 aromatic carbocycles. The van der Waals surface area contributed by atoms with Gasteiger partial charge in [0.2, 0.25) is 0 Å². The number of nitrogens with two attached hydrogens (primary N) is 2. The van der Waals surface area contributed by atoms with Gasteiger partial charge in [-0.05, 0) is 19.1 Å². The van der Waals surface area contributed by atoms with Crippen molar-refractivity contribution in [3.05, 3.63) is 70.0 Å². The molecule has 7 nitrogen and oxygen atoms in total. The summed E-state index contributed by atoms with van der Waals surface area (Å²) in [5.74, 6) is 5.22. The monoisotopic (exact) mass is 410 g/mol. The van der Waals surface area contributed by atoms with Crippen LogP contribution in [0.5, 0.6) is 5.75 Å². The Balaban J connectivity index is 1.96. The Morgan fingerprint density at radius 2 is 1.86 bits per heavy atom. The van der Waals surface area contributed by atoms with Gasteiger partial charge in [-0.3, -0.25) is 9.80 Å². The van der Waals surface area contributed by atoms with E-state index in [4.69, 9.17) is 11.6 Å². The van der Waals surface area contributed by atoms with Crippen LogP contribution < -0.4 is 11.6 Å². The lowest BCUT2D eigenvalue weighted by atomic mass is 9.92. The second-order valence-electron chi connectivity index (χ2n) is 6.83. The molecular weight excluding hydrogens is 388 g/mol. The molecule has 2 unspecified atom stereocenters. The van der Waals surface area contributed by atoms with E-state index in [1.165, 1.54) is 11.3 Å². The standard InChI is InChI=1S/C21H22N4O3S/c1-12-6-8-14(9-7-12)19(27)13(2)18(25(23)21(22)28)20-24-17(11-29-20)15-4-3-5-16(26)10-15/h3-11,13,18,26H,23H2,1-2H3,(H2,22,28). The van der Waals surface area contributed by atoms with Crippen LogP contribution in [0.4, 0.5) is 4.79 Å². The number of aryl methyl sites for hydroxylation is 1. The molecule has 150 valence electrons. The number of nitrogens with zero attached hydrogens (tertiary/aromatic N) is 2. The number of rotatable bonds is 6. The van der Waals surface area contributed by atoms with Crippen molar-refractivity contribution in [1.82, 2.24) is 9.99 Å². The maximum atomic E-state index is 13.0. The van der Waals surface area contributed by atoms with Gasteiger partial charge in [0.1, 0.15) is 16.8 Å². The first-order valence-corrected chi connectivity index (χ1v) is 9.85. The number of amides is 2. The Morgan fingerprint density at radius 3 is 2.48 bits per heavy atom. The fourth-order valence-electron chi connectivity index (χ4n) is 3.06. The summed E-state index contributed by atoms with van der Waals surface area (Å²) in [6.45, 7) is 3.64. The molecule has 3 rings (SSSR count). The molecule has 3 aromatic rings. The quantitative estimate of drug-likeness (QED) is 0.248. The molecular formula is C21H22N4O3S. The van der Waals surface area contributed by atoms with Gasteiger partial charge in [0.25, 0.3) is 0 Å². The fraction of sp³-hybridized carbons (Fsp3) is 0.190. The normalized spacial score (nSPS) is 12.9. The molecule has 0 aliphatic heterocycles. The molecule has 0 aliphatic rings. The van der Waals surface area contributed by atoms with Crippen LogP contribution in [0.15, 0.2) is 53.9 Å². The van der Waals surface area contributed by atoms with Crippen molar-refractivity contribution < 1.29 is 14.7 Å². The minimum atomic E-state index is -0.854. The number of carbonyl (C=O) groups is 2. The zero-order chi connectivity index (χ0) is 21.1. The molecule has 29 heavy (non-hydrogen) atoms. The van der Waals surface area contributed by atoms with E-state index >= 15 is 0 Å². The summed E-state index contributed by atoms with van der Waals surface area (Å²) in [7, 11) is 0. The number of primary amides is 1. The van der Waals surface area contributed by atoms with Crippen LogP contribution in [0.25, 0.3) is 11.3 Å². The zero-order valence-corrected chi connectivity index (χ0v) is 16.9. The van der Waals surface area contributed by atoms with Crippen LogP contribution in [0.3, 0.4) is 0 Å². The number of carbonyl (C=O) groups excluding carboxylic acids is 2. The highest BCUT2D eigenvalue weighted by Crippen LogP contribution is 2.34. The number of aromatic hydroxyl groups is 1. The minimum Gasteiger partial charge on any atom is -0.508 e. The molecule has 0 saturated carbocycles. The van der Waals surface area contributed by atoms with Gasteiger partial charge >= 0.3 is 6.03 Å². The Hall–Kier alpha value is -3.23.